The smallest absolute Gasteiger partial charge is 0.00955 e. The number of likely N-dealkylation sites (tertiary alicyclic amines) is 1. The van der Waals surface area contributed by atoms with Crippen LogP contribution in [-0.4, -0.2) is 37.1 Å². The molecule has 2 nitrogen and oxygen atoms in total. The molecular formula is C21H44N2. The number of rotatable bonds is 16. The van der Waals surface area contributed by atoms with E-state index >= 15 is 0 Å². The molecule has 23 heavy (non-hydrogen) atoms. The van der Waals surface area contributed by atoms with Crippen molar-refractivity contribution in [2.24, 2.45) is 5.92 Å². The van der Waals surface area contributed by atoms with Gasteiger partial charge in [0.05, 0.1) is 0 Å². The summed E-state index contributed by atoms with van der Waals surface area (Å²) in [6.45, 7) is 11.9. The van der Waals surface area contributed by atoms with Crippen LogP contribution in [0, 0.1) is 5.92 Å². The van der Waals surface area contributed by atoms with Crippen molar-refractivity contribution in [3.05, 3.63) is 0 Å². The van der Waals surface area contributed by atoms with Crippen LogP contribution in [0.25, 0.3) is 0 Å². The van der Waals surface area contributed by atoms with Gasteiger partial charge in [-0.2, -0.15) is 0 Å². The van der Waals surface area contributed by atoms with E-state index in [9.17, 15) is 0 Å². The zero-order chi connectivity index (χ0) is 16.8. The van der Waals surface area contributed by atoms with Crippen LogP contribution in [0.3, 0.4) is 0 Å². The fourth-order valence-corrected chi connectivity index (χ4v) is 3.86. The number of unbranched alkanes of at least 4 members (excludes halogenated alkanes) is 8. The van der Waals surface area contributed by atoms with E-state index in [1.165, 1.54) is 96.7 Å². The predicted octanol–water partition coefficient (Wildman–Crippen LogP) is 5.62. The van der Waals surface area contributed by atoms with Crippen molar-refractivity contribution in [1.29, 1.82) is 0 Å². The van der Waals surface area contributed by atoms with E-state index in [1.54, 1.807) is 0 Å². The van der Waals surface area contributed by atoms with Gasteiger partial charge in [0.15, 0.2) is 0 Å². The molecule has 0 bridgehead atoms. The lowest BCUT2D eigenvalue weighted by molar-refractivity contribution is 0.0423. The maximum absolute atomic E-state index is 3.52. The maximum Gasteiger partial charge on any atom is 0.00955 e. The Labute approximate surface area is 146 Å². The lowest BCUT2D eigenvalue weighted by Crippen LogP contribution is -2.55. The van der Waals surface area contributed by atoms with Crippen molar-refractivity contribution < 1.29 is 0 Å². The van der Waals surface area contributed by atoms with Crippen LogP contribution in [-0.2, 0) is 0 Å². The van der Waals surface area contributed by atoms with Crippen LogP contribution in [0.4, 0.5) is 0 Å². The average molecular weight is 325 g/mol. The Kier molecular flexibility index (Phi) is 13.0. The van der Waals surface area contributed by atoms with E-state index in [4.69, 9.17) is 0 Å². The third-order valence-corrected chi connectivity index (χ3v) is 5.47. The molecule has 1 saturated heterocycles. The molecule has 0 aromatic heterocycles. The van der Waals surface area contributed by atoms with Crippen LogP contribution in [0.2, 0.25) is 0 Å². The summed E-state index contributed by atoms with van der Waals surface area (Å²) in [5.74, 6) is 0.914. The summed E-state index contributed by atoms with van der Waals surface area (Å²) >= 11 is 0. The molecule has 2 heteroatoms. The molecular weight excluding hydrogens is 280 g/mol. The molecule has 1 rings (SSSR count). The molecule has 1 N–H and O–H groups in total. The van der Waals surface area contributed by atoms with Gasteiger partial charge in [-0.1, -0.05) is 85.0 Å². The van der Waals surface area contributed by atoms with Gasteiger partial charge in [0, 0.05) is 25.7 Å². The van der Waals surface area contributed by atoms with E-state index in [0.29, 0.717) is 0 Å². The summed E-state index contributed by atoms with van der Waals surface area (Å²) in [5, 5.41) is 3.52. The zero-order valence-electron chi connectivity index (χ0n) is 16.4. The highest BCUT2D eigenvalue weighted by atomic mass is 15.2. The van der Waals surface area contributed by atoms with Gasteiger partial charge in [0.25, 0.3) is 0 Å². The normalized spacial score (nSPS) is 16.2. The summed E-state index contributed by atoms with van der Waals surface area (Å²) in [6.07, 6.45) is 17.2. The number of hydrogen-bond acceptors (Lipinski definition) is 2. The molecule has 0 aromatic carbocycles. The largest absolute Gasteiger partial charge is 0.317 e. The molecule has 138 valence electrons. The second-order valence-corrected chi connectivity index (χ2v) is 7.69. The highest BCUT2D eigenvalue weighted by Crippen LogP contribution is 2.25. The van der Waals surface area contributed by atoms with Crippen LogP contribution < -0.4 is 5.32 Å². The minimum atomic E-state index is 0.885. The highest BCUT2D eigenvalue weighted by molar-refractivity contribution is 4.86. The fraction of sp³-hybridized carbons (Fsp3) is 1.00. The standard InChI is InChI=1S/C21H44N2/c1-4-7-9-11-13-15-21(16-14-12-10-8-5-2)23-18-20(19-23)17-22-6-3/h20-22H,4-19H2,1-3H3. The zero-order valence-corrected chi connectivity index (χ0v) is 16.4. The van der Waals surface area contributed by atoms with Crippen molar-refractivity contribution in [1.82, 2.24) is 10.2 Å². The summed E-state index contributed by atoms with van der Waals surface area (Å²) in [7, 11) is 0. The monoisotopic (exact) mass is 324 g/mol. The first-order valence-electron chi connectivity index (χ1n) is 10.8. The van der Waals surface area contributed by atoms with Crippen molar-refractivity contribution in [3.8, 4) is 0 Å². The second kappa shape index (κ2) is 14.3. The van der Waals surface area contributed by atoms with Crippen molar-refractivity contribution in [2.75, 3.05) is 26.2 Å². The third-order valence-electron chi connectivity index (χ3n) is 5.47. The lowest BCUT2D eigenvalue weighted by atomic mass is 9.92. The third kappa shape index (κ3) is 9.72. The minimum absolute atomic E-state index is 0.885. The van der Waals surface area contributed by atoms with Crippen molar-refractivity contribution >= 4 is 0 Å². The fourth-order valence-electron chi connectivity index (χ4n) is 3.86. The van der Waals surface area contributed by atoms with Crippen LogP contribution in [0.5, 0.6) is 0 Å². The Bertz CT molecular complexity index is 234. The molecule has 0 spiro atoms. The second-order valence-electron chi connectivity index (χ2n) is 7.69. The summed E-state index contributed by atoms with van der Waals surface area (Å²) in [5.41, 5.74) is 0. The summed E-state index contributed by atoms with van der Waals surface area (Å²) in [4.78, 5) is 2.79. The summed E-state index contributed by atoms with van der Waals surface area (Å²) in [6, 6.07) is 0.885. The van der Waals surface area contributed by atoms with Crippen LogP contribution in [0.1, 0.15) is 97.8 Å². The topological polar surface area (TPSA) is 15.3 Å². The molecule has 0 amide bonds. The van der Waals surface area contributed by atoms with E-state index in [0.717, 1.165) is 18.5 Å². The number of hydrogen-bond donors (Lipinski definition) is 1. The lowest BCUT2D eigenvalue weighted by Gasteiger charge is -2.45. The van der Waals surface area contributed by atoms with Gasteiger partial charge in [-0.15, -0.1) is 0 Å². The van der Waals surface area contributed by atoms with E-state index in [1.807, 2.05) is 0 Å². The highest BCUT2D eigenvalue weighted by Gasteiger charge is 2.31. The van der Waals surface area contributed by atoms with Gasteiger partial charge < -0.3 is 5.32 Å². The Morgan fingerprint density at radius 2 is 1.30 bits per heavy atom. The van der Waals surface area contributed by atoms with E-state index < -0.39 is 0 Å². The SMILES string of the molecule is CCCCCCCC(CCCCCCC)N1CC(CNCC)C1. The van der Waals surface area contributed by atoms with Crippen LogP contribution in [0.15, 0.2) is 0 Å². The molecule has 1 heterocycles. The average Bonchev–Trinajstić information content (AvgIpc) is 2.52. The molecule has 0 unspecified atom stereocenters. The Morgan fingerprint density at radius 3 is 1.78 bits per heavy atom. The van der Waals surface area contributed by atoms with Gasteiger partial charge in [-0.05, 0) is 25.3 Å². The minimum Gasteiger partial charge on any atom is -0.317 e. The Balaban J connectivity index is 2.19. The first kappa shape index (κ1) is 21.0. The molecule has 0 saturated carbocycles. The first-order chi connectivity index (χ1) is 11.3. The predicted molar refractivity (Wildman–Crippen MR) is 104 cm³/mol. The molecule has 0 atom stereocenters. The Morgan fingerprint density at radius 1 is 0.783 bits per heavy atom. The van der Waals surface area contributed by atoms with Crippen molar-refractivity contribution in [2.45, 2.75) is 104 Å². The maximum atomic E-state index is 3.52. The van der Waals surface area contributed by atoms with Gasteiger partial charge in [-0.3, -0.25) is 4.90 Å². The molecule has 1 aliphatic rings. The number of nitrogens with zero attached hydrogens (tertiary/aromatic N) is 1. The first-order valence-corrected chi connectivity index (χ1v) is 10.8. The quantitative estimate of drug-likeness (QED) is 0.371. The summed E-state index contributed by atoms with van der Waals surface area (Å²) < 4.78 is 0. The van der Waals surface area contributed by atoms with E-state index in [2.05, 4.69) is 31.0 Å². The van der Waals surface area contributed by atoms with Gasteiger partial charge in [-0.25, -0.2) is 0 Å². The molecule has 0 aromatic rings. The molecule has 0 aliphatic carbocycles. The van der Waals surface area contributed by atoms with Gasteiger partial charge in [0.2, 0.25) is 0 Å². The van der Waals surface area contributed by atoms with Gasteiger partial charge in [0.1, 0.15) is 0 Å². The molecule has 1 fully saturated rings. The van der Waals surface area contributed by atoms with Crippen molar-refractivity contribution in [3.63, 3.8) is 0 Å². The number of nitrogens with one attached hydrogen (secondary N) is 1. The van der Waals surface area contributed by atoms with Crippen LogP contribution >= 0.6 is 0 Å². The molecule has 1 aliphatic heterocycles. The van der Waals surface area contributed by atoms with E-state index in [-0.39, 0.29) is 0 Å². The molecule has 0 radical (unpaired) electrons. The van der Waals surface area contributed by atoms with Gasteiger partial charge >= 0.3 is 0 Å². The Hall–Kier alpha value is -0.0800.